The third kappa shape index (κ3) is 88.5. The summed E-state index contributed by atoms with van der Waals surface area (Å²) in [4.78, 5) is 8.00. The monoisotopic (exact) mass is 88.0 g/mol. The Balaban J connectivity index is -0.0000000133. The second kappa shape index (κ2) is 170. The maximum atomic E-state index is 8.00. The third-order valence-corrected chi connectivity index (χ3v) is 0. The predicted octanol–water partition coefficient (Wildman–Crippen LogP) is -0.816. The molecule has 0 aliphatic heterocycles. The normalized spacial score (nSPS) is 2.00. The SMILES string of the molecule is C=O.OO.[NaH]. The second-order valence-corrected chi connectivity index (χ2v) is 0. The molecule has 0 saturated heterocycles. The van der Waals surface area contributed by atoms with Crippen molar-refractivity contribution in [1.82, 2.24) is 0 Å². The molecule has 0 spiro atoms. The Hall–Kier alpha value is 0.590. The van der Waals surface area contributed by atoms with Crippen molar-refractivity contribution in [2.24, 2.45) is 0 Å². The van der Waals surface area contributed by atoms with Gasteiger partial charge in [-0.15, -0.1) is 0 Å². The van der Waals surface area contributed by atoms with Crippen molar-refractivity contribution in [2.75, 3.05) is 0 Å². The van der Waals surface area contributed by atoms with Gasteiger partial charge in [-0.2, -0.15) is 0 Å². The molecule has 0 saturated carbocycles. The van der Waals surface area contributed by atoms with E-state index in [0.717, 1.165) is 0 Å². The minimum atomic E-state index is 0. The molecule has 2 N–H and O–H groups in total. The predicted molar refractivity (Wildman–Crippen MR) is 19.5 cm³/mol. The van der Waals surface area contributed by atoms with E-state index in [9.17, 15) is 0 Å². The van der Waals surface area contributed by atoms with Gasteiger partial charge >= 0.3 is 29.6 Å². The summed E-state index contributed by atoms with van der Waals surface area (Å²) in [6, 6.07) is 0. The van der Waals surface area contributed by atoms with Crippen molar-refractivity contribution < 1.29 is 15.3 Å². The van der Waals surface area contributed by atoms with Gasteiger partial charge in [-0.25, -0.2) is 0 Å². The van der Waals surface area contributed by atoms with Gasteiger partial charge in [0.1, 0.15) is 6.79 Å². The molecule has 0 aromatic heterocycles. The third-order valence-electron chi connectivity index (χ3n) is 0. The van der Waals surface area contributed by atoms with Gasteiger partial charge in [-0.05, 0) is 0 Å². The molecule has 0 aromatic carbocycles. The van der Waals surface area contributed by atoms with E-state index in [1.165, 1.54) is 0 Å². The Morgan fingerprint density at radius 1 is 1.20 bits per heavy atom. The number of hydrogen-bond donors (Lipinski definition) is 2. The molecule has 0 rings (SSSR count). The molecule has 0 aromatic rings. The fourth-order valence-corrected chi connectivity index (χ4v) is 0. The van der Waals surface area contributed by atoms with Gasteiger partial charge in [0.05, 0.1) is 0 Å². The summed E-state index contributed by atoms with van der Waals surface area (Å²) < 4.78 is 0. The molecule has 0 heterocycles. The Labute approximate surface area is 51.8 Å². The van der Waals surface area contributed by atoms with Crippen LogP contribution in [0.5, 0.6) is 0 Å². The van der Waals surface area contributed by atoms with Crippen LogP contribution in [0.1, 0.15) is 0 Å². The number of rotatable bonds is 0. The molecule has 0 unspecified atom stereocenters. The van der Waals surface area contributed by atoms with Crippen molar-refractivity contribution >= 4 is 36.3 Å². The number of carbonyl (C=O) groups excluding carboxylic acids is 1. The van der Waals surface area contributed by atoms with E-state index in [1.54, 1.807) is 0 Å². The first kappa shape index (κ1) is 17.6. The fourth-order valence-electron chi connectivity index (χ4n) is 0. The summed E-state index contributed by atoms with van der Waals surface area (Å²) in [7, 11) is 0. The summed E-state index contributed by atoms with van der Waals surface area (Å²) in [6.07, 6.45) is 0. The molecule has 4 heteroatoms. The van der Waals surface area contributed by atoms with Gasteiger partial charge in [-0.1, -0.05) is 0 Å². The summed E-state index contributed by atoms with van der Waals surface area (Å²) in [5, 5.41) is 12.0. The molecular weight excluding hydrogens is 83.0 g/mol. The van der Waals surface area contributed by atoms with E-state index in [2.05, 4.69) is 0 Å². The van der Waals surface area contributed by atoms with Gasteiger partial charge in [0.25, 0.3) is 0 Å². The van der Waals surface area contributed by atoms with E-state index in [-0.39, 0.29) is 29.6 Å². The van der Waals surface area contributed by atoms with Crippen LogP contribution in [-0.4, -0.2) is 46.9 Å². The van der Waals surface area contributed by atoms with E-state index in [0.29, 0.717) is 0 Å². The van der Waals surface area contributed by atoms with E-state index in [4.69, 9.17) is 15.3 Å². The quantitative estimate of drug-likeness (QED) is 0.231. The van der Waals surface area contributed by atoms with Crippen LogP contribution in [0.15, 0.2) is 0 Å². The molecule has 28 valence electrons. The van der Waals surface area contributed by atoms with Crippen molar-refractivity contribution in [2.45, 2.75) is 0 Å². The summed E-state index contributed by atoms with van der Waals surface area (Å²) in [5.41, 5.74) is 0. The zero-order valence-electron chi connectivity index (χ0n) is 2.01. The zero-order chi connectivity index (χ0) is 4.00. The van der Waals surface area contributed by atoms with Crippen LogP contribution in [0.4, 0.5) is 0 Å². The first-order valence-electron chi connectivity index (χ1n) is 0.489. The summed E-state index contributed by atoms with van der Waals surface area (Å²) in [6.45, 7) is 2.00. The molecule has 0 atom stereocenters. The molecule has 0 aliphatic carbocycles. The maximum absolute atomic E-state index is 8.00. The molecular formula is CH5NaO3. The molecule has 5 heavy (non-hydrogen) atoms. The fraction of sp³-hybridized carbons (Fsp3) is 0. The molecule has 0 fully saturated rings. The first-order valence-corrected chi connectivity index (χ1v) is 0.489. The van der Waals surface area contributed by atoms with Crippen molar-refractivity contribution in [3.05, 3.63) is 0 Å². The van der Waals surface area contributed by atoms with Gasteiger partial charge in [0.2, 0.25) is 0 Å². The average molecular weight is 88.0 g/mol. The standard InChI is InChI=1S/CH2O.Na.H2O2.H/c1-2;;1-2;/h1H2;;1-2H;. The van der Waals surface area contributed by atoms with Crippen LogP contribution >= 0.6 is 0 Å². The molecule has 0 bridgehead atoms. The van der Waals surface area contributed by atoms with Crippen LogP contribution in [0, 0.1) is 0 Å². The van der Waals surface area contributed by atoms with Gasteiger partial charge in [0, 0.05) is 0 Å². The van der Waals surface area contributed by atoms with Gasteiger partial charge in [0.15, 0.2) is 0 Å². The molecule has 3 nitrogen and oxygen atoms in total. The second-order valence-electron chi connectivity index (χ2n) is 0. The Morgan fingerprint density at radius 2 is 1.20 bits per heavy atom. The van der Waals surface area contributed by atoms with Gasteiger partial charge < -0.3 is 4.79 Å². The van der Waals surface area contributed by atoms with Gasteiger partial charge in [-0.3, -0.25) is 10.5 Å². The van der Waals surface area contributed by atoms with Crippen LogP contribution < -0.4 is 0 Å². The van der Waals surface area contributed by atoms with Crippen molar-refractivity contribution in [1.29, 1.82) is 0 Å². The average Bonchev–Trinajstić information content (AvgIpc) is 1.50. The summed E-state index contributed by atoms with van der Waals surface area (Å²) >= 11 is 0. The molecule has 0 radical (unpaired) electrons. The number of hydrogen-bond acceptors (Lipinski definition) is 3. The molecule has 0 amide bonds. The minimum absolute atomic E-state index is 0. The number of carbonyl (C=O) groups is 1. The topological polar surface area (TPSA) is 57.5 Å². The Kier molecular flexibility index (Phi) is 597. The zero-order valence-corrected chi connectivity index (χ0v) is 2.01. The van der Waals surface area contributed by atoms with Crippen LogP contribution in [0.25, 0.3) is 0 Å². The van der Waals surface area contributed by atoms with Crippen LogP contribution in [0.3, 0.4) is 0 Å². The van der Waals surface area contributed by atoms with E-state index >= 15 is 0 Å². The summed E-state index contributed by atoms with van der Waals surface area (Å²) in [5.74, 6) is 0. The van der Waals surface area contributed by atoms with E-state index in [1.807, 2.05) is 6.79 Å². The van der Waals surface area contributed by atoms with Crippen molar-refractivity contribution in [3.63, 3.8) is 0 Å². The molecule has 0 aliphatic rings. The van der Waals surface area contributed by atoms with E-state index < -0.39 is 0 Å². The Morgan fingerprint density at radius 3 is 1.20 bits per heavy atom. The van der Waals surface area contributed by atoms with Crippen LogP contribution in [0.2, 0.25) is 0 Å². The van der Waals surface area contributed by atoms with Crippen LogP contribution in [-0.2, 0) is 4.79 Å². The van der Waals surface area contributed by atoms with Crippen molar-refractivity contribution in [3.8, 4) is 0 Å². The first-order chi connectivity index (χ1) is 2.00. The Bertz CT molecular complexity index is 6.85.